The van der Waals surface area contributed by atoms with E-state index in [-0.39, 0.29) is 6.10 Å². The minimum Gasteiger partial charge on any atom is -0.393 e. The third-order valence-electron chi connectivity index (χ3n) is 2.23. The molecule has 1 N–H and O–H groups in total. The Kier molecular flexibility index (Phi) is 1.57. The fourth-order valence-electron chi connectivity index (χ4n) is 1.51. The fourth-order valence-corrected chi connectivity index (χ4v) is 1.51. The molecule has 0 bridgehead atoms. The number of aliphatic hydroxyl groups excluding tert-OH is 1. The van der Waals surface area contributed by atoms with E-state index in [1.165, 1.54) is 0 Å². The highest BCUT2D eigenvalue weighted by molar-refractivity contribution is 4.94. The summed E-state index contributed by atoms with van der Waals surface area (Å²) >= 11 is 0. The molecule has 8 heavy (non-hydrogen) atoms. The van der Waals surface area contributed by atoms with E-state index < -0.39 is 0 Å². The minimum absolute atomic E-state index is 0.0463. The van der Waals surface area contributed by atoms with Gasteiger partial charge in [0.15, 0.2) is 0 Å². The van der Waals surface area contributed by atoms with Gasteiger partial charge in [0.2, 0.25) is 0 Å². The quantitative estimate of drug-likeness (QED) is 0.575. The molecule has 1 aliphatic carbocycles. The maximum absolute atomic E-state index is 9.09. The van der Waals surface area contributed by atoms with Gasteiger partial charge in [-0.1, -0.05) is 26.7 Å². The summed E-state index contributed by atoms with van der Waals surface area (Å²) in [6, 6.07) is 0. The lowest BCUT2D eigenvalue weighted by atomic mass is 10.2. The highest BCUT2D eigenvalue weighted by Crippen LogP contribution is 2.43. The molecule has 2 atom stereocenters. The SMILES string of the molecule is CCC1C(O)C1CC. The minimum atomic E-state index is 0.0463. The zero-order valence-electron chi connectivity index (χ0n) is 5.59. The zero-order chi connectivity index (χ0) is 6.15. The molecule has 0 aromatic heterocycles. The van der Waals surface area contributed by atoms with E-state index in [4.69, 9.17) is 5.11 Å². The van der Waals surface area contributed by atoms with Crippen molar-refractivity contribution in [2.75, 3.05) is 0 Å². The summed E-state index contributed by atoms with van der Waals surface area (Å²) in [5, 5.41) is 9.09. The van der Waals surface area contributed by atoms with Gasteiger partial charge in [-0.25, -0.2) is 0 Å². The van der Waals surface area contributed by atoms with E-state index in [1.807, 2.05) is 0 Å². The van der Waals surface area contributed by atoms with Crippen molar-refractivity contribution in [2.45, 2.75) is 32.8 Å². The molecule has 1 rings (SSSR count). The Bertz CT molecular complexity index is 70.5. The summed E-state index contributed by atoms with van der Waals surface area (Å²) < 4.78 is 0. The van der Waals surface area contributed by atoms with Crippen molar-refractivity contribution in [3.8, 4) is 0 Å². The van der Waals surface area contributed by atoms with Crippen LogP contribution >= 0.6 is 0 Å². The molecule has 48 valence electrons. The topological polar surface area (TPSA) is 20.2 Å². The van der Waals surface area contributed by atoms with Crippen LogP contribution in [-0.4, -0.2) is 11.2 Å². The van der Waals surface area contributed by atoms with E-state index in [0.29, 0.717) is 11.8 Å². The Labute approximate surface area is 50.7 Å². The van der Waals surface area contributed by atoms with Gasteiger partial charge in [-0.3, -0.25) is 0 Å². The molecule has 2 unspecified atom stereocenters. The molecule has 0 heterocycles. The predicted octanol–water partition coefficient (Wildman–Crippen LogP) is 1.41. The lowest BCUT2D eigenvalue weighted by Gasteiger charge is -1.83. The molecule has 0 radical (unpaired) electrons. The average molecular weight is 114 g/mol. The van der Waals surface area contributed by atoms with Crippen LogP contribution in [0.4, 0.5) is 0 Å². The van der Waals surface area contributed by atoms with Gasteiger partial charge in [0.1, 0.15) is 0 Å². The van der Waals surface area contributed by atoms with E-state index in [9.17, 15) is 0 Å². The molecule has 0 saturated heterocycles. The van der Waals surface area contributed by atoms with Crippen LogP contribution in [-0.2, 0) is 0 Å². The second-order valence-electron chi connectivity index (χ2n) is 2.63. The molecule has 0 aromatic rings. The third kappa shape index (κ3) is 0.752. The first-order valence-corrected chi connectivity index (χ1v) is 3.49. The van der Waals surface area contributed by atoms with Crippen molar-refractivity contribution >= 4 is 0 Å². The van der Waals surface area contributed by atoms with Crippen LogP contribution in [0.5, 0.6) is 0 Å². The molecule has 1 nitrogen and oxygen atoms in total. The maximum Gasteiger partial charge on any atom is 0.0603 e. The Morgan fingerprint density at radius 1 is 1.12 bits per heavy atom. The Morgan fingerprint density at radius 3 is 1.62 bits per heavy atom. The molecule has 0 spiro atoms. The van der Waals surface area contributed by atoms with Gasteiger partial charge in [0.25, 0.3) is 0 Å². The summed E-state index contributed by atoms with van der Waals surface area (Å²) in [5.41, 5.74) is 0. The van der Waals surface area contributed by atoms with Crippen LogP contribution in [0.1, 0.15) is 26.7 Å². The summed E-state index contributed by atoms with van der Waals surface area (Å²) in [4.78, 5) is 0. The Hall–Kier alpha value is -0.0400. The van der Waals surface area contributed by atoms with Crippen LogP contribution < -0.4 is 0 Å². The predicted molar refractivity (Wildman–Crippen MR) is 33.6 cm³/mol. The molecule has 0 aromatic carbocycles. The monoisotopic (exact) mass is 114 g/mol. The second-order valence-corrected chi connectivity index (χ2v) is 2.63. The molecule has 1 saturated carbocycles. The van der Waals surface area contributed by atoms with Crippen molar-refractivity contribution in [1.82, 2.24) is 0 Å². The number of hydrogen-bond acceptors (Lipinski definition) is 1. The molecule has 1 heteroatoms. The van der Waals surface area contributed by atoms with Crippen LogP contribution in [0.3, 0.4) is 0 Å². The summed E-state index contributed by atoms with van der Waals surface area (Å²) in [6.07, 6.45) is 2.35. The summed E-state index contributed by atoms with van der Waals surface area (Å²) in [6.45, 7) is 4.28. The molecule has 1 fully saturated rings. The largest absolute Gasteiger partial charge is 0.393 e. The van der Waals surface area contributed by atoms with Crippen molar-refractivity contribution in [3.63, 3.8) is 0 Å². The van der Waals surface area contributed by atoms with Gasteiger partial charge < -0.3 is 5.11 Å². The third-order valence-corrected chi connectivity index (χ3v) is 2.23. The Balaban J connectivity index is 2.23. The van der Waals surface area contributed by atoms with E-state index in [0.717, 1.165) is 12.8 Å². The van der Waals surface area contributed by atoms with Crippen LogP contribution in [0.25, 0.3) is 0 Å². The lowest BCUT2D eigenvalue weighted by Crippen LogP contribution is -1.81. The number of rotatable bonds is 2. The lowest BCUT2D eigenvalue weighted by molar-refractivity contribution is 0.245. The van der Waals surface area contributed by atoms with Gasteiger partial charge >= 0.3 is 0 Å². The van der Waals surface area contributed by atoms with Crippen LogP contribution in [0.15, 0.2) is 0 Å². The molecule has 0 aliphatic heterocycles. The first-order valence-electron chi connectivity index (χ1n) is 3.49. The fraction of sp³-hybridized carbons (Fsp3) is 1.00. The van der Waals surface area contributed by atoms with Gasteiger partial charge in [0, 0.05) is 0 Å². The van der Waals surface area contributed by atoms with Crippen molar-refractivity contribution in [2.24, 2.45) is 11.8 Å². The zero-order valence-corrected chi connectivity index (χ0v) is 5.59. The van der Waals surface area contributed by atoms with Gasteiger partial charge in [0.05, 0.1) is 6.10 Å². The van der Waals surface area contributed by atoms with Crippen molar-refractivity contribution < 1.29 is 5.11 Å². The second kappa shape index (κ2) is 2.06. The molecular weight excluding hydrogens is 100 g/mol. The molecule has 1 aliphatic rings. The Morgan fingerprint density at radius 2 is 1.50 bits per heavy atom. The number of hydrogen-bond donors (Lipinski definition) is 1. The normalized spacial score (nSPS) is 44.6. The molecular formula is C7H14O. The highest BCUT2D eigenvalue weighted by atomic mass is 16.3. The first-order chi connectivity index (χ1) is 3.81. The summed E-state index contributed by atoms with van der Waals surface area (Å²) in [7, 11) is 0. The molecule has 0 amide bonds. The van der Waals surface area contributed by atoms with Crippen LogP contribution in [0, 0.1) is 11.8 Å². The van der Waals surface area contributed by atoms with Gasteiger partial charge in [-0.15, -0.1) is 0 Å². The van der Waals surface area contributed by atoms with Gasteiger partial charge in [-0.05, 0) is 11.8 Å². The van der Waals surface area contributed by atoms with Crippen LogP contribution in [0.2, 0.25) is 0 Å². The van der Waals surface area contributed by atoms with Crippen molar-refractivity contribution in [1.29, 1.82) is 0 Å². The smallest absolute Gasteiger partial charge is 0.0603 e. The van der Waals surface area contributed by atoms with E-state index >= 15 is 0 Å². The summed E-state index contributed by atoms with van der Waals surface area (Å²) in [5.74, 6) is 1.28. The standard InChI is InChI=1S/C7H14O/c1-3-5-6(4-2)7(5)8/h5-8H,3-4H2,1-2H3. The highest BCUT2D eigenvalue weighted by Gasteiger charge is 2.45. The van der Waals surface area contributed by atoms with E-state index in [2.05, 4.69) is 13.8 Å². The maximum atomic E-state index is 9.09. The van der Waals surface area contributed by atoms with Crippen molar-refractivity contribution in [3.05, 3.63) is 0 Å². The van der Waals surface area contributed by atoms with Gasteiger partial charge in [-0.2, -0.15) is 0 Å². The average Bonchev–Trinajstić information content (AvgIpc) is 2.40. The first kappa shape index (κ1) is 6.09. The van der Waals surface area contributed by atoms with E-state index in [1.54, 1.807) is 0 Å². The number of aliphatic hydroxyl groups is 1.